The standard InChI is InChI=1S/C17H24O2S/c1-2-14-7-3-4-9-17(14)19-13-16-11-10-15(20-16)8-5-6-12-18/h10-11,14,17-18H,2-4,6-7,9,12-13H2,1H3. The molecular weight excluding hydrogens is 268 g/mol. The second-order valence-corrected chi connectivity index (χ2v) is 6.51. The molecule has 1 aliphatic carbocycles. The van der Waals surface area contributed by atoms with Gasteiger partial charge < -0.3 is 9.84 Å². The topological polar surface area (TPSA) is 29.5 Å². The summed E-state index contributed by atoms with van der Waals surface area (Å²) in [4.78, 5) is 2.31. The highest BCUT2D eigenvalue weighted by Gasteiger charge is 2.24. The Morgan fingerprint density at radius 2 is 2.20 bits per heavy atom. The fourth-order valence-corrected chi connectivity index (χ4v) is 3.58. The lowest BCUT2D eigenvalue weighted by atomic mass is 9.85. The summed E-state index contributed by atoms with van der Waals surface area (Å²) in [6, 6.07) is 4.16. The fourth-order valence-electron chi connectivity index (χ4n) is 2.78. The molecule has 0 spiro atoms. The van der Waals surface area contributed by atoms with Crippen molar-refractivity contribution in [2.75, 3.05) is 6.61 Å². The molecule has 0 amide bonds. The molecule has 1 saturated carbocycles. The summed E-state index contributed by atoms with van der Waals surface area (Å²) >= 11 is 1.70. The second-order valence-electron chi connectivity index (χ2n) is 5.34. The summed E-state index contributed by atoms with van der Waals surface area (Å²) in [6.07, 6.45) is 7.43. The van der Waals surface area contributed by atoms with E-state index in [-0.39, 0.29) is 6.61 Å². The van der Waals surface area contributed by atoms with E-state index in [0.29, 0.717) is 19.1 Å². The van der Waals surface area contributed by atoms with Crippen molar-refractivity contribution in [3.63, 3.8) is 0 Å². The van der Waals surface area contributed by atoms with E-state index in [1.807, 2.05) is 6.07 Å². The highest BCUT2D eigenvalue weighted by molar-refractivity contribution is 7.12. The first-order valence-corrected chi connectivity index (χ1v) is 8.45. The Hall–Kier alpha value is -0.820. The first-order chi connectivity index (χ1) is 9.83. The molecule has 0 bridgehead atoms. The molecule has 0 radical (unpaired) electrons. The van der Waals surface area contributed by atoms with Gasteiger partial charge in [-0.2, -0.15) is 0 Å². The number of ether oxygens (including phenoxy) is 1. The van der Waals surface area contributed by atoms with Gasteiger partial charge in [0.05, 0.1) is 24.2 Å². The minimum atomic E-state index is 0.133. The number of thiophene rings is 1. The van der Waals surface area contributed by atoms with Crippen LogP contribution in [0.25, 0.3) is 0 Å². The summed E-state index contributed by atoms with van der Waals surface area (Å²) in [5.74, 6) is 6.78. The monoisotopic (exact) mass is 292 g/mol. The largest absolute Gasteiger partial charge is 0.395 e. The van der Waals surface area contributed by atoms with Gasteiger partial charge >= 0.3 is 0 Å². The minimum absolute atomic E-state index is 0.133. The first-order valence-electron chi connectivity index (χ1n) is 7.63. The molecule has 2 unspecified atom stereocenters. The van der Waals surface area contributed by atoms with Crippen LogP contribution in [0.2, 0.25) is 0 Å². The zero-order chi connectivity index (χ0) is 14.2. The van der Waals surface area contributed by atoms with Gasteiger partial charge in [0.1, 0.15) is 0 Å². The van der Waals surface area contributed by atoms with E-state index in [1.54, 1.807) is 11.3 Å². The lowest BCUT2D eigenvalue weighted by Crippen LogP contribution is -2.26. The van der Waals surface area contributed by atoms with Crippen LogP contribution in [-0.2, 0) is 11.3 Å². The molecule has 20 heavy (non-hydrogen) atoms. The average molecular weight is 292 g/mol. The number of rotatable bonds is 5. The predicted octanol–water partition coefficient (Wildman–Crippen LogP) is 3.97. The smallest absolute Gasteiger partial charge is 0.0813 e. The van der Waals surface area contributed by atoms with Crippen molar-refractivity contribution in [3.05, 3.63) is 21.9 Å². The van der Waals surface area contributed by atoms with Crippen LogP contribution in [0, 0.1) is 17.8 Å². The fraction of sp³-hybridized carbons (Fsp3) is 0.647. The minimum Gasteiger partial charge on any atom is -0.395 e. The third kappa shape index (κ3) is 4.63. The summed E-state index contributed by atoms with van der Waals surface area (Å²) < 4.78 is 6.13. The molecule has 1 N–H and O–H groups in total. The van der Waals surface area contributed by atoms with Crippen molar-refractivity contribution >= 4 is 11.3 Å². The van der Waals surface area contributed by atoms with E-state index in [1.165, 1.54) is 37.0 Å². The van der Waals surface area contributed by atoms with Gasteiger partial charge in [-0.05, 0) is 30.9 Å². The van der Waals surface area contributed by atoms with Gasteiger partial charge in [-0.1, -0.05) is 38.0 Å². The summed E-state index contributed by atoms with van der Waals surface area (Å²) in [6.45, 7) is 3.12. The molecule has 0 saturated heterocycles. The maximum atomic E-state index is 8.71. The van der Waals surface area contributed by atoms with E-state index in [4.69, 9.17) is 9.84 Å². The maximum absolute atomic E-state index is 8.71. The highest BCUT2D eigenvalue weighted by atomic mass is 32.1. The lowest BCUT2D eigenvalue weighted by Gasteiger charge is -2.30. The van der Waals surface area contributed by atoms with Crippen molar-refractivity contribution in [1.82, 2.24) is 0 Å². The van der Waals surface area contributed by atoms with Gasteiger partial charge in [-0.3, -0.25) is 0 Å². The normalized spacial score (nSPS) is 22.3. The highest BCUT2D eigenvalue weighted by Crippen LogP contribution is 2.30. The van der Waals surface area contributed by atoms with E-state index in [0.717, 1.165) is 10.8 Å². The van der Waals surface area contributed by atoms with E-state index in [9.17, 15) is 0 Å². The maximum Gasteiger partial charge on any atom is 0.0813 e. The third-order valence-corrected chi connectivity index (χ3v) is 4.89. The number of hydrogen-bond acceptors (Lipinski definition) is 3. The number of hydrogen-bond donors (Lipinski definition) is 1. The molecule has 1 aliphatic rings. The van der Waals surface area contributed by atoms with Crippen LogP contribution in [0.4, 0.5) is 0 Å². The van der Waals surface area contributed by atoms with Crippen LogP contribution in [0.3, 0.4) is 0 Å². The van der Waals surface area contributed by atoms with E-state index in [2.05, 4.69) is 24.8 Å². The number of aliphatic hydroxyl groups is 1. The Bertz CT molecular complexity index is 455. The van der Waals surface area contributed by atoms with Crippen molar-refractivity contribution in [2.24, 2.45) is 5.92 Å². The molecule has 2 nitrogen and oxygen atoms in total. The molecule has 0 aromatic carbocycles. The molecule has 2 rings (SSSR count). The van der Waals surface area contributed by atoms with Crippen LogP contribution in [0.15, 0.2) is 12.1 Å². The van der Waals surface area contributed by atoms with Crippen LogP contribution in [0.1, 0.15) is 55.2 Å². The SMILES string of the molecule is CCC1CCCCC1OCc1ccc(C#CCCO)s1. The van der Waals surface area contributed by atoms with Gasteiger partial charge in [0.2, 0.25) is 0 Å². The number of aliphatic hydroxyl groups excluding tert-OH is 1. The van der Waals surface area contributed by atoms with Gasteiger partial charge in [0, 0.05) is 11.3 Å². The Morgan fingerprint density at radius 3 is 3.00 bits per heavy atom. The van der Waals surface area contributed by atoms with Gasteiger partial charge in [0.15, 0.2) is 0 Å². The van der Waals surface area contributed by atoms with Gasteiger partial charge in [-0.15, -0.1) is 11.3 Å². The molecule has 3 heteroatoms. The molecule has 1 heterocycles. The summed E-state index contributed by atoms with van der Waals surface area (Å²) in [5.41, 5.74) is 0. The van der Waals surface area contributed by atoms with Crippen LogP contribution in [0.5, 0.6) is 0 Å². The zero-order valence-corrected chi connectivity index (χ0v) is 13.0. The van der Waals surface area contributed by atoms with E-state index >= 15 is 0 Å². The van der Waals surface area contributed by atoms with Crippen LogP contribution >= 0.6 is 11.3 Å². The Kier molecular flexibility index (Phi) is 6.59. The van der Waals surface area contributed by atoms with Gasteiger partial charge in [0.25, 0.3) is 0 Å². The van der Waals surface area contributed by atoms with Crippen molar-refractivity contribution in [1.29, 1.82) is 0 Å². The lowest BCUT2D eigenvalue weighted by molar-refractivity contribution is -0.0211. The summed E-state index contributed by atoms with van der Waals surface area (Å²) in [5, 5.41) is 8.71. The Balaban J connectivity index is 1.83. The molecular formula is C17H24O2S. The van der Waals surface area contributed by atoms with E-state index < -0.39 is 0 Å². The van der Waals surface area contributed by atoms with Crippen molar-refractivity contribution in [3.8, 4) is 11.8 Å². The third-order valence-electron chi connectivity index (χ3n) is 3.91. The summed E-state index contributed by atoms with van der Waals surface area (Å²) in [7, 11) is 0. The van der Waals surface area contributed by atoms with Crippen LogP contribution in [-0.4, -0.2) is 17.8 Å². The average Bonchev–Trinajstić information content (AvgIpc) is 2.93. The molecule has 2 atom stereocenters. The van der Waals surface area contributed by atoms with Gasteiger partial charge in [-0.25, -0.2) is 0 Å². The zero-order valence-electron chi connectivity index (χ0n) is 12.2. The Labute approximate surface area is 126 Å². The van der Waals surface area contributed by atoms with Crippen molar-refractivity contribution < 1.29 is 9.84 Å². The molecule has 0 aliphatic heterocycles. The Morgan fingerprint density at radius 1 is 1.35 bits per heavy atom. The van der Waals surface area contributed by atoms with Crippen molar-refractivity contribution in [2.45, 2.75) is 58.2 Å². The van der Waals surface area contributed by atoms with Crippen LogP contribution < -0.4 is 0 Å². The molecule has 1 fully saturated rings. The molecule has 1 aromatic rings. The predicted molar refractivity (Wildman–Crippen MR) is 83.7 cm³/mol. The quantitative estimate of drug-likeness (QED) is 0.832. The molecule has 110 valence electrons. The first kappa shape index (κ1) is 15.6. The second kappa shape index (κ2) is 8.46. The molecule has 1 aromatic heterocycles.